The number of thioether (sulfide) groups is 1. The Hall–Kier alpha value is 0.310. The Balaban J connectivity index is 1.58. The molecule has 0 saturated heterocycles. The minimum Gasteiger partial charge on any atom is -0.310 e. The quantitative estimate of drug-likeness (QED) is 0.731. The van der Waals surface area contributed by atoms with E-state index in [1.807, 2.05) is 0 Å². The second kappa shape index (κ2) is 8.24. The van der Waals surface area contributed by atoms with E-state index >= 15 is 0 Å². The molecule has 1 nitrogen and oxygen atoms in total. The van der Waals surface area contributed by atoms with Crippen molar-refractivity contribution in [2.45, 2.75) is 101 Å². The van der Waals surface area contributed by atoms with Crippen molar-refractivity contribution < 1.29 is 0 Å². The third kappa shape index (κ3) is 4.19. The minimum absolute atomic E-state index is 0.823. The van der Waals surface area contributed by atoms with Gasteiger partial charge in [-0.05, 0) is 43.3 Å². The van der Waals surface area contributed by atoms with Crippen LogP contribution in [0, 0.1) is 11.8 Å². The predicted octanol–water partition coefficient (Wildman–Crippen LogP) is 5.39. The van der Waals surface area contributed by atoms with Gasteiger partial charge in [0.2, 0.25) is 0 Å². The lowest BCUT2D eigenvalue weighted by molar-refractivity contribution is 0.142. The smallest absolute Gasteiger partial charge is 0.0201 e. The molecule has 2 heteroatoms. The van der Waals surface area contributed by atoms with Gasteiger partial charge in [-0.1, -0.05) is 58.3 Å². The fourth-order valence-corrected chi connectivity index (χ4v) is 6.51. The van der Waals surface area contributed by atoms with Gasteiger partial charge in [0.05, 0.1) is 0 Å². The zero-order chi connectivity index (χ0) is 14.5. The molecule has 122 valence electrons. The normalized spacial score (nSPS) is 38.7. The molecule has 0 aromatic rings. The van der Waals surface area contributed by atoms with Crippen LogP contribution in [0.25, 0.3) is 0 Å². The van der Waals surface area contributed by atoms with Crippen LogP contribution in [0.15, 0.2) is 0 Å². The van der Waals surface area contributed by atoms with Gasteiger partial charge in [0.25, 0.3) is 0 Å². The summed E-state index contributed by atoms with van der Waals surface area (Å²) in [6, 6.07) is 1.68. The Labute approximate surface area is 136 Å². The molecule has 4 unspecified atom stereocenters. The second-order valence-electron chi connectivity index (χ2n) is 7.65. The van der Waals surface area contributed by atoms with Gasteiger partial charge < -0.3 is 5.32 Å². The third-order valence-electron chi connectivity index (χ3n) is 6.34. The van der Waals surface area contributed by atoms with Gasteiger partial charge >= 0.3 is 0 Å². The molecule has 0 radical (unpaired) electrons. The predicted molar refractivity (Wildman–Crippen MR) is 95.0 cm³/mol. The lowest BCUT2D eigenvalue weighted by Gasteiger charge is -2.41. The summed E-state index contributed by atoms with van der Waals surface area (Å²) in [5.74, 6) is 3.35. The Morgan fingerprint density at radius 1 is 0.762 bits per heavy atom. The number of rotatable bonds is 5. The molecule has 3 aliphatic rings. The summed E-state index contributed by atoms with van der Waals surface area (Å²) >= 11 is 2.21. The fraction of sp³-hybridized carbons (Fsp3) is 1.00. The molecular formula is C19H35NS. The van der Waals surface area contributed by atoms with E-state index in [2.05, 4.69) is 24.0 Å². The van der Waals surface area contributed by atoms with Crippen molar-refractivity contribution >= 4 is 11.8 Å². The lowest BCUT2D eigenvalue weighted by Crippen LogP contribution is -2.48. The maximum atomic E-state index is 4.18. The lowest BCUT2D eigenvalue weighted by atomic mass is 9.71. The highest BCUT2D eigenvalue weighted by atomic mass is 32.2. The minimum atomic E-state index is 0.823. The number of hydrogen-bond donors (Lipinski definition) is 1. The highest BCUT2D eigenvalue weighted by Gasteiger charge is 2.36. The van der Waals surface area contributed by atoms with Gasteiger partial charge in [0, 0.05) is 17.3 Å². The molecular weight excluding hydrogens is 274 g/mol. The summed E-state index contributed by atoms with van der Waals surface area (Å²) in [4.78, 5) is 0. The monoisotopic (exact) mass is 309 g/mol. The first kappa shape index (κ1) is 16.2. The van der Waals surface area contributed by atoms with E-state index in [4.69, 9.17) is 0 Å². The van der Waals surface area contributed by atoms with E-state index in [0.29, 0.717) is 0 Å². The van der Waals surface area contributed by atoms with Crippen LogP contribution in [0.2, 0.25) is 0 Å². The van der Waals surface area contributed by atoms with Crippen LogP contribution >= 0.6 is 11.8 Å². The summed E-state index contributed by atoms with van der Waals surface area (Å²) in [5, 5.41) is 5.09. The van der Waals surface area contributed by atoms with Gasteiger partial charge in [0.1, 0.15) is 0 Å². The SMILES string of the molecule is CCSC1CCCC1NC1CCCCC1C1CCCCC1. The highest BCUT2D eigenvalue weighted by Crippen LogP contribution is 2.40. The van der Waals surface area contributed by atoms with E-state index in [0.717, 1.165) is 29.2 Å². The molecule has 3 saturated carbocycles. The van der Waals surface area contributed by atoms with Crippen molar-refractivity contribution in [1.82, 2.24) is 5.32 Å². The van der Waals surface area contributed by atoms with Crippen molar-refractivity contribution in [3.63, 3.8) is 0 Å². The van der Waals surface area contributed by atoms with Crippen LogP contribution in [0.1, 0.15) is 84.0 Å². The summed E-state index contributed by atoms with van der Waals surface area (Å²) in [5.41, 5.74) is 0. The van der Waals surface area contributed by atoms with E-state index in [-0.39, 0.29) is 0 Å². The van der Waals surface area contributed by atoms with Crippen LogP contribution in [0.4, 0.5) is 0 Å². The van der Waals surface area contributed by atoms with Crippen molar-refractivity contribution in [3.8, 4) is 0 Å². The van der Waals surface area contributed by atoms with E-state index in [9.17, 15) is 0 Å². The zero-order valence-corrected chi connectivity index (χ0v) is 14.8. The molecule has 0 aromatic carbocycles. The first-order valence-electron chi connectivity index (χ1n) is 9.76. The summed E-state index contributed by atoms with van der Waals surface area (Å²) < 4.78 is 0. The second-order valence-corrected chi connectivity index (χ2v) is 9.17. The molecule has 3 fully saturated rings. The summed E-state index contributed by atoms with van der Waals surface area (Å²) in [6.45, 7) is 2.32. The maximum absolute atomic E-state index is 4.18. The Kier molecular flexibility index (Phi) is 6.35. The molecule has 0 spiro atoms. The molecule has 0 bridgehead atoms. The van der Waals surface area contributed by atoms with Crippen LogP contribution in [0.3, 0.4) is 0 Å². The van der Waals surface area contributed by atoms with Crippen molar-refractivity contribution in [3.05, 3.63) is 0 Å². The van der Waals surface area contributed by atoms with Crippen molar-refractivity contribution in [2.75, 3.05) is 5.75 Å². The first-order valence-corrected chi connectivity index (χ1v) is 10.8. The zero-order valence-electron chi connectivity index (χ0n) is 14.0. The Bertz CT molecular complexity index is 300. The van der Waals surface area contributed by atoms with Gasteiger partial charge in [0.15, 0.2) is 0 Å². The average molecular weight is 310 g/mol. The highest BCUT2D eigenvalue weighted by molar-refractivity contribution is 7.99. The van der Waals surface area contributed by atoms with Gasteiger partial charge in [-0.25, -0.2) is 0 Å². The topological polar surface area (TPSA) is 12.0 Å². The van der Waals surface area contributed by atoms with Crippen molar-refractivity contribution in [2.24, 2.45) is 11.8 Å². The van der Waals surface area contributed by atoms with Crippen LogP contribution in [-0.4, -0.2) is 23.1 Å². The van der Waals surface area contributed by atoms with E-state index < -0.39 is 0 Å². The molecule has 3 aliphatic carbocycles. The molecule has 4 atom stereocenters. The average Bonchev–Trinajstić information content (AvgIpc) is 2.96. The molecule has 0 aromatic heterocycles. The largest absolute Gasteiger partial charge is 0.310 e. The number of hydrogen-bond acceptors (Lipinski definition) is 2. The van der Waals surface area contributed by atoms with Crippen LogP contribution in [-0.2, 0) is 0 Å². The molecule has 21 heavy (non-hydrogen) atoms. The van der Waals surface area contributed by atoms with Gasteiger partial charge in [-0.2, -0.15) is 11.8 Å². The van der Waals surface area contributed by atoms with Gasteiger partial charge in [-0.15, -0.1) is 0 Å². The molecule has 0 heterocycles. The Morgan fingerprint density at radius 3 is 2.29 bits per heavy atom. The summed E-state index contributed by atoms with van der Waals surface area (Å²) in [6.07, 6.45) is 17.9. The molecule has 0 amide bonds. The van der Waals surface area contributed by atoms with E-state index in [1.165, 1.54) is 82.8 Å². The maximum Gasteiger partial charge on any atom is 0.0201 e. The first-order chi connectivity index (χ1) is 10.4. The number of nitrogens with one attached hydrogen (secondary N) is 1. The molecule has 3 rings (SSSR count). The summed E-state index contributed by atoms with van der Waals surface area (Å²) in [7, 11) is 0. The van der Waals surface area contributed by atoms with Crippen LogP contribution in [0.5, 0.6) is 0 Å². The van der Waals surface area contributed by atoms with Crippen molar-refractivity contribution in [1.29, 1.82) is 0 Å². The molecule has 0 aliphatic heterocycles. The van der Waals surface area contributed by atoms with Gasteiger partial charge in [-0.3, -0.25) is 0 Å². The molecule has 1 N–H and O–H groups in total. The standard InChI is InChI=1S/C19H35NS/c1-2-21-19-14-8-13-18(19)20-17-12-7-6-11-16(17)15-9-4-3-5-10-15/h15-20H,2-14H2,1H3. The Morgan fingerprint density at radius 2 is 1.48 bits per heavy atom. The van der Waals surface area contributed by atoms with Crippen LogP contribution < -0.4 is 5.32 Å². The fourth-order valence-electron chi connectivity index (χ4n) is 5.30. The van der Waals surface area contributed by atoms with E-state index in [1.54, 1.807) is 0 Å². The third-order valence-corrected chi connectivity index (χ3v) is 7.66.